The fourth-order valence-corrected chi connectivity index (χ4v) is 3.40. The van der Waals surface area contributed by atoms with Gasteiger partial charge in [-0.3, -0.25) is 4.79 Å². The van der Waals surface area contributed by atoms with Crippen molar-refractivity contribution in [1.82, 2.24) is 15.1 Å². The van der Waals surface area contributed by atoms with E-state index in [9.17, 15) is 4.79 Å². The first-order valence-corrected chi connectivity index (χ1v) is 10.1. The van der Waals surface area contributed by atoms with E-state index in [4.69, 9.17) is 25.5 Å². The normalized spacial score (nSPS) is 19.1. The summed E-state index contributed by atoms with van der Waals surface area (Å²) in [5.74, 6) is 0.918. The summed E-state index contributed by atoms with van der Waals surface area (Å²) in [4.78, 5) is 14.5. The molecular formula is C20H24ClN3O4. The van der Waals surface area contributed by atoms with Crippen molar-refractivity contribution in [1.29, 1.82) is 0 Å². The first-order valence-electron chi connectivity index (χ1n) is 9.76. The highest BCUT2D eigenvalue weighted by atomic mass is 35.5. The zero-order chi connectivity index (χ0) is 19.3. The number of halogens is 1. The van der Waals surface area contributed by atoms with Crippen LogP contribution in [0.1, 0.15) is 38.0 Å². The van der Waals surface area contributed by atoms with Gasteiger partial charge in [-0.25, -0.2) is 0 Å². The molecule has 1 unspecified atom stereocenters. The lowest BCUT2D eigenvalue weighted by molar-refractivity contribution is -0.134. The van der Waals surface area contributed by atoms with Crippen LogP contribution >= 0.6 is 11.6 Å². The Kier molecular flexibility index (Phi) is 6.24. The van der Waals surface area contributed by atoms with Crippen molar-refractivity contribution in [2.45, 2.75) is 50.8 Å². The predicted octanol–water partition coefficient (Wildman–Crippen LogP) is 3.47. The van der Waals surface area contributed by atoms with Crippen LogP contribution in [0.5, 0.6) is 0 Å². The van der Waals surface area contributed by atoms with Gasteiger partial charge in [-0.15, -0.1) is 10.2 Å². The molecule has 0 spiro atoms. The van der Waals surface area contributed by atoms with Crippen LogP contribution in [0, 0.1) is 0 Å². The second kappa shape index (κ2) is 9.03. The molecule has 2 aliphatic rings. The summed E-state index contributed by atoms with van der Waals surface area (Å²) in [7, 11) is 0. The van der Waals surface area contributed by atoms with Crippen molar-refractivity contribution in [3.8, 4) is 11.5 Å². The molecule has 1 saturated heterocycles. The molecule has 0 N–H and O–H groups in total. The molecule has 1 amide bonds. The minimum Gasteiger partial charge on any atom is -0.419 e. The van der Waals surface area contributed by atoms with E-state index >= 15 is 0 Å². The number of aromatic nitrogens is 2. The number of hydrogen-bond donors (Lipinski definition) is 0. The molecule has 28 heavy (non-hydrogen) atoms. The average molecular weight is 406 g/mol. The first kappa shape index (κ1) is 19.4. The fraction of sp³-hybridized carbons (Fsp3) is 0.550. The second-order valence-corrected chi connectivity index (χ2v) is 7.66. The number of carbonyl (C=O) groups excluding carboxylic acids is 1. The highest BCUT2D eigenvalue weighted by molar-refractivity contribution is 6.30. The van der Waals surface area contributed by atoms with Crippen LogP contribution in [0.15, 0.2) is 28.7 Å². The summed E-state index contributed by atoms with van der Waals surface area (Å²) in [5.41, 5.74) is 0.801. The van der Waals surface area contributed by atoms with Crippen LogP contribution in [0.4, 0.5) is 0 Å². The van der Waals surface area contributed by atoms with E-state index in [1.807, 2.05) is 17.0 Å². The summed E-state index contributed by atoms with van der Waals surface area (Å²) < 4.78 is 16.9. The first-order chi connectivity index (χ1) is 13.7. The number of rotatable bonds is 9. The van der Waals surface area contributed by atoms with E-state index in [2.05, 4.69) is 10.2 Å². The Balaban J connectivity index is 1.29. The maximum absolute atomic E-state index is 12.6. The van der Waals surface area contributed by atoms with Crippen LogP contribution in [0.3, 0.4) is 0 Å². The zero-order valence-electron chi connectivity index (χ0n) is 15.7. The van der Waals surface area contributed by atoms with Crippen molar-refractivity contribution >= 4 is 17.5 Å². The standard InChI is InChI=1S/C20H24ClN3O4/c21-15-5-3-14(4-6-15)20-23-22-18(28-20)12-24(16-7-8-16)19(25)9-11-26-13-17-2-1-10-27-17/h3-6,16-17H,1-2,7-13H2. The summed E-state index contributed by atoms with van der Waals surface area (Å²) in [6, 6.07) is 7.47. The van der Waals surface area contributed by atoms with Gasteiger partial charge >= 0.3 is 0 Å². The minimum atomic E-state index is 0.0566. The molecule has 2 heterocycles. The Morgan fingerprint density at radius 3 is 2.75 bits per heavy atom. The quantitative estimate of drug-likeness (QED) is 0.594. The molecule has 2 aromatic rings. The Labute approximate surface area is 169 Å². The summed E-state index contributed by atoms with van der Waals surface area (Å²) >= 11 is 5.91. The highest BCUT2D eigenvalue weighted by Crippen LogP contribution is 2.29. The molecule has 0 bridgehead atoms. The monoisotopic (exact) mass is 405 g/mol. The maximum Gasteiger partial charge on any atom is 0.247 e. The lowest BCUT2D eigenvalue weighted by Gasteiger charge is -2.20. The fourth-order valence-electron chi connectivity index (χ4n) is 3.27. The summed E-state index contributed by atoms with van der Waals surface area (Å²) in [6.07, 6.45) is 4.68. The Bertz CT molecular complexity index is 785. The topological polar surface area (TPSA) is 77.7 Å². The third-order valence-electron chi connectivity index (χ3n) is 4.96. The number of hydrogen-bond acceptors (Lipinski definition) is 6. The van der Waals surface area contributed by atoms with E-state index < -0.39 is 0 Å². The van der Waals surface area contributed by atoms with E-state index in [1.165, 1.54) is 0 Å². The SMILES string of the molecule is O=C(CCOCC1CCCO1)N(Cc1nnc(-c2ccc(Cl)cc2)o1)C1CC1. The van der Waals surface area contributed by atoms with Crippen molar-refractivity contribution in [2.75, 3.05) is 19.8 Å². The Morgan fingerprint density at radius 1 is 1.21 bits per heavy atom. The van der Waals surface area contributed by atoms with Gasteiger partial charge in [0.1, 0.15) is 0 Å². The highest BCUT2D eigenvalue weighted by Gasteiger charge is 2.33. The van der Waals surface area contributed by atoms with Gasteiger partial charge < -0.3 is 18.8 Å². The number of carbonyl (C=O) groups is 1. The van der Waals surface area contributed by atoms with E-state index in [1.54, 1.807) is 12.1 Å². The molecule has 1 aromatic carbocycles. The van der Waals surface area contributed by atoms with Gasteiger partial charge in [0.2, 0.25) is 17.7 Å². The van der Waals surface area contributed by atoms with Gasteiger partial charge in [-0.05, 0) is 49.9 Å². The Hall–Kier alpha value is -1.96. The maximum atomic E-state index is 12.6. The number of benzene rings is 1. The lowest BCUT2D eigenvalue weighted by atomic mass is 10.2. The van der Waals surface area contributed by atoms with Crippen molar-refractivity contribution in [3.05, 3.63) is 35.2 Å². The number of ether oxygens (including phenoxy) is 2. The third-order valence-corrected chi connectivity index (χ3v) is 5.21. The molecule has 1 saturated carbocycles. The van der Waals surface area contributed by atoms with Gasteiger partial charge in [0.15, 0.2) is 0 Å². The van der Waals surface area contributed by atoms with E-state index in [0.717, 1.165) is 37.9 Å². The second-order valence-electron chi connectivity index (χ2n) is 7.22. The van der Waals surface area contributed by atoms with Crippen molar-refractivity contribution < 1.29 is 18.7 Å². The zero-order valence-corrected chi connectivity index (χ0v) is 16.4. The predicted molar refractivity (Wildman–Crippen MR) is 103 cm³/mol. The Morgan fingerprint density at radius 2 is 2.04 bits per heavy atom. The van der Waals surface area contributed by atoms with Gasteiger partial charge in [-0.1, -0.05) is 11.6 Å². The van der Waals surface area contributed by atoms with Crippen molar-refractivity contribution in [2.24, 2.45) is 0 Å². The molecule has 1 aliphatic carbocycles. The van der Waals surface area contributed by atoms with Crippen LogP contribution in [-0.2, 0) is 20.8 Å². The van der Waals surface area contributed by atoms with Gasteiger partial charge in [0.25, 0.3) is 0 Å². The van der Waals surface area contributed by atoms with Gasteiger partial charge in [0.05, 0.1) is 32.3 Å². The van der Waals surface area contributed by atoms with Crippen LogP contribution in [-0.4, -0.2) is 53.0 Å². The van der Waals surface area contributed by atoms with E-state index in [-0.39, 0.29) is 18.1 Å². The number of amides is 1. The lowest BCUT2D eigenvalue weighted by Crippen LogP contribution is -2.33. The molecule has 1 aliphatic heterocycles. The van der Waals surface area contributed by atoms with Crippen LogP contribution in [0.25, 0.3) is 11.5 Å². The van der Waals surface area contributed by atoms with Gasteiger partial charge in [0, 0.05) is 23.2 Å². The molecule has 1 atom stereocenters. The van der Waals surface area contributed by atoms with Crippen LogP contribution < -0.4 is 0 Å². The molecular weight excluding hydrogens is 382 g/mol. The minimum absolute atomic E-state index is 0.0566. The molecule has 2 fully saturated rings. The summed E-state index contributed by atoms with van der Waals surface area (Å²) in [5, 5.41) is 8.85. The molecule has 4 rings (SSSR count). The molecule has 0 radical (unpaired) electrons. The molecule has 8 heteroatoms. The van der Waals surface area contributed by atoms with Crippen LogP contribution in [0.2, 0.25) is 5.02 Å². The van der Waals surface area contributed by atoms with Crippen molar-refractivity contribution in [3.63, 3.8) is 0 Å². The average Bonchev–Trinajstić information content (AvgIpc) is 3.20. The third kappa shape index (κ3) is 5.10. The molecule has 150 valence electrons. The number of nitrogens with zero attached hydrogens (tertiary/aromatic N) is 3. The smallest absolute Gasteiger partial charge is 0.247 e. The largest absolute Gasteiger partial charge is 0.419 e. The summed E-state index contributed by atoms with van der Waals surface area (Å²) in [6.45, 7) is 2.10. The molecule has 1 aromatic heterocycles. The molecule has 7 nitrogen and oxygen atoms in total. The van der Waals surface area contributed by atoms with E-state index in [0.29, 0.717) is 43.0 Å². The van der Waals surface area contributed by atoms with Gasteiger partial charge in [-0.2, -0.15) is 0 Å².